The van der Waals surface area contributed by atoms with E-state index in [1.54, 1.807) is 0 Å². The van der Waals surface area contributed by atoms with Crippen LogP contribution in [0.4, 0.5) is 0 Å². The highest BCUT2D eigenvalue weighted by Gasteiger charge is 2.26. The molecule has 1 unspecified atom stereocenters. The summed E-state index contributed by atoms with van der Waals surface area (Å²) >= 11 is 1.95. The van der Waals surface area contributed by atoms with Gasteiger partial charge in [-0.1, -0.05) is 49.4 Å². The monoisotopic (exact) mass is 293 g/mol. The summed E-state index contributed by atoms with van der Waals surface area (Å²) in [6, 6.07) is 20.1. The highest BCUT2D eigenvalue weighted by Crippen LogP contribution is 2.38. The van der Waals surface area contributed by atoms with Crippen molar-refractivity contribution in [3.63, 3.8) is 0 Å². The number of rotatable bonds is 2. The smallest absolute Gasteiger partial charge is 0.0345 e. The Hall–Kier alpha value is -1.64. The number of hydrogen-bond donors (Lipinski definition) is 0. The number of likely N-dealkylation sites (N-methyl/N-ethyl adjacent to an activating group) is 1. The molecule has 106 valence electrons. The van der Waals surface area contributed by atoms with Gasteiger partial charge in [0, 0.05) is 28.6 Å². The molecule has 0 fully saturated rings. The summed E-state index contributed by atoms with van der Waals surface area (Å²) in [5.74, 6) is 0.521. The first-order chi connectivity index (χ1) is 10.3. The van der Waals surface area contributed by atoms with E-state index in [9.17, 15) is 0 Å². The van der Waals surface area contributed by atoms with E-state index in [0.29, 0.717) is 5.92 Å². The molecule has 1 atom stereocenters. The van der Waals surface area contributed by atoms with Crippen molar-refractivity contribution in [1.82, 2.24) is 4.90 Å². The quantitative estimate of drug-likeness (QED) is 0.651. The molecule has 4 rings (SSSR count). The summed E-state index contributed by atoms with van der Waals surface area (Å²) < 4.78 is 1.40. The topological polar surface area (TPSA) is 3.24 Å². The molecule has 1 aliphatic rings. The van der Waals surface area contributed by atoms with Gasteiger partial charge in [0.15, 0.2) is 0 Å². The second-order valence-electron chi connectivity index (χ2n) is 5.77. The van der Waals surface area contributed by atoms with Gasteiger partial charge in [-0.15, -0.1) is 11.3 Å². The van der Waals surface area contributed by atoms with E-state index in [0.717, 1.165) is 19.6 Å². The van der Waals surface area contributed by atoms with Crippen molar-refractivity contribution >= 4 is 21.4 Å². The Morgan fingerprint density at radius 1 is 1.10 bits per heavy atom. The fourth-order valence-electron chi connectivity index (χ4n) is 3.34. The third kappa shape index (κ3) is 2.29. The Labute approximate surface area is 129 Å². The Bertz CT molecular complexity index is 741. The molecule has 0 N–H and O–H groups in total. The molecule has 2 aromatic carbocycles. The first-order valence-corrected chi connectivity index (χ1v) is 8.45. The number of fused-ring (bicyclic) bond motifs is 2. The normalized spacial score (nSPS) is 18.8. The van der Waals surface area contributed by atoms with Crippen molar-refractivity contribution in [3.8, 4) is 0 Å². The minimum atomic E-state index is 0.521. The van der Waals surface area contributed by atoms with Crippen molar-refractivity contribution in [1.29, 1.82) is 0 Å². The summed E-state index contributed by atoms with van der Waals surface area (Å²) in [5.41, 5.74) is 3.02. The van der Waals surface area contributed by atoms with Crippen LogP contribution in [0.15, 0.2) is 54.6 Å². The van der Waals surface area contributed by atoms with Crippen molar-refractivity contribution in [2.45, 2.75) is 19.4 Å². The maximum absolute atomic E-state index is 2.55. The molecular formula is C19H19NS. The predicted octanol–water partition coefficient (Wildman–Crippen LogP) is 4.87. The second-order valence-corrected chi connectivity index (χ2v) is 6.88. The van der Waals surface area contributed by atoms with Gasteiger partial charge >= 0.3 is 0 Å². The maximum Gasteiger partial charge on any atom is 0.0345 e. The van der Waals surface area contributed by atoms with Crippen molar-refractivity contribution < 1.29 is 0 Å². The van der Waals surface area contributed by atoms with E-state index in [4.69, 9.17) is 0 Å². The van der Waals surface area contributed by atoms with Crippen LogP contribution >= 0.6 is 11.3 Å². The first-order valence-electron chi connectivity index (χ1n) is 7.64. The molecule has 0 saturated heterocycles. The molecule has 0 spiro atoms. The van der Waals surface area contributed by atoms with E-state index < -0.39 is 0 Å². The summed E-state index contributed by atoms with van der Waals surface area (Å²) in [4.78, 5) is 4.05. The number of thiophene rings is 1. The van der Waals surface area contributed by atoms with Crippen LogP contribution in [0.25, 0.3) is 10.1 Å². The zero-order valence-corrected chi connectivity index (χ0v) is 13.1. The van der Waals surface area contributed by atoms with Crippen LogP contribution < -0.4 is 0 Å². The number of nitrogens with zero attached hydrogens (tertiary/aromatic N) is 1. The lowest BCUT2D eigenvalue weighted by atomic mass is 9.88. The molecule has 1 aliphatic heterocycles. The van der Waals surface area contributed by atoms with Gasteiger partial charge in [-0.3, -0.25) is 4.90 Å². The van der Waals surface area contributed by atoms with E-state index >= 15 is 0 Å². The summed E-state index contributed by atoms with van der Waals surface area (Å²) in [6.07, 6.45) is 0. The molecule has 1 nitrogen and oxygen atoms in total. The van der Waals surface area contributed by atoms with Gasteiger partial charge in [-0.2, -0.15) is 0 Å². The number of benzene rings is 2. The van der Waals surface area contributed by atoms with Gasteiger partial charge in [-0.25, -0.2) is 0 Å². The van der Waals surface area contributed by atoms with Crippen LogP contribution in [0.2, 0.25) is 0 Å². The van der Waals surface area contributed by atoms with Gasteiger partial charge in [-0.05, 0) is 35.2 Å². The van der Waals surface area contributed by atoms with E-state index in [2.05, 4.69) is 66.4 Å². The fourth-order valence-corrected chi connectivity index (χ4v) is 4.51. The molecule has 0 bridgehead atoms. The predicted molar refractivity (Wildman–Crippen MR) is 91.1 cm³/mol. The summed E-state index contributed by atoms with van der Waals surface area (Å²) in [7, 11) is 0. The Balaban J connectivity index is 1.82. The third-order valence-corrected chi connectivity index (χ3v) is 5.73. The van der Waals surface area contributed by atoms with Crippen molar-refractivity contribution in [2.75, 3.05) is 13.1 Å². The lowest BCUT2D eigenvalue weighted by molar-refractivity contribution is 0.254. The minimum absolute atomic E-state index is 0.521. The van der Waals surface area contributed by atoms with Crippen LogP contribution in [0, 0.1) is 0 Å². The lowest BCUT2D eigenvalue weighted by Crippen LogP contribution is -2.33. The zero-order chi connectivity index (χ0) is 14.2. The van der Waals surface area contributed by atoms with Crippen LogP contribution in [-0.4, -0.2) is 18.0 Å². The number of hydrogen-bond acceptors (Lipinski definition) is 2. The van der Waals surface area contributed by atoms with Gasteiger partial charge in [0.25, 0.3) is 0 Å². The Kier molecular flexibility index (Phi) is 3.28. The molecule has 0 amide bonds. The van der Waals surface area contributed by atoms with Gasteiger partial charge in [0.2, 0.25) is 0 Å². The largest absolute Gasteiger partial charge is 0.298 e. The molecule has 3 aromatic rings. The van der Waals surface area contributed by atoms with Crippen molar-refractivity contribution in [3.05, 3.63) is 70.6 Å². The third-order valence-electron chi connectivity index (χ3n) is 4.50. The molecule has 2 heteroatoms. The van der Waals surface area contributed by atoms with Crippen LogP contribution in [0.3, 0.4) is 0 Å². The first kappa shape index (κ1) is 13.1. The summed E-state index contributed by atoms with van der Waals surface area (Å²) in [6.45, 7) is 5.61. The minimum Gasteiger partial charge on any atom is -0.298 e. The molecule has 0 radical (unpaired) electrons. The van der Waals surface area contributed by atoms with Crippen LogP contribution in [-0.2, 0) is 6.54 Å². The SMILES string of the molecule is CCN1Cc2ccccc2C(c2cc3ccccc3s2)C1. The van der Waals surface area contributed by atoms with E-state index in [1.165, 1.54) is 26.1 Å². The molecule has 0 saturated carbocycles. The zero-order valence-electron chi connectivity index (χ0n) is 12.3. The average Bonchev–Trinajstić information content (AvgIpc) is 2.97. The van der Waals surface area contributed by atoms with Gasteiger partial charge in [0.05, 0.1) is 0 Å². The van der Waals surface area contributed by atoms with Gasteiger partial charge in [0.1, 0.15) is 0 Å². The van der Waals surface area contributed by atoms with E-state index in [1.807, 2.05) is 11.3 Å². The molecule has 2 heterocycles. The molecule has 0 aliphatic carbocycles. The fraction of sp³-hybridized carbons (Fsp3) is 0.263. The highest BCUT2D eigenvalue weighted by atomic mass is 32.1. The average molecular weight is 293 g/mol. The van der Waals surface area contributed by atoms with Crippen molar-refractivity contribution in [2.24, 2.45) is 0 Å². The maximum atomic E-state index is 2.55. The van der Waals surface area contributed by atoms with Gasteiger partial charge < -0.3 is 0 Å². The molecule has 21 heavy (non-hydrogen) atoms. The second kappa shape index (κ2) is 5.28. The van der Waals surface area contributed by atoms with Crippen LogP contribution in [0.1, 0.15) is 28.8 Å². The van der Waals surface area contributed by atoms with E-state index in [-0.39, 0.29) is 0 Å². The van der Waals surface area contributed by atoms with Crippen LogP contribution in [0.5, 0.6) is 0 Å². The Morgan fingerprint density at radius 2 is 1.90 bits per heavy atom. The molecular weight excluding hydrogens is 274 g/mol. The summed E-state index contributed by atoms with van der Waals surface area (Å²) in [5, 5.41) is 1.38. The standard InChI is InChI=1S/C19H19NS/c1-2-20-12-15-8-3-5-9-16(15)17(13-20)19-11-14-7-4-6-10-18(14)21-19/h3-11,17H,2,12-13H2,1H3. The lowest BCUT2D eigenvalue weighted by Gasteiger charge is -2.33. The molecule has 1 aromatic heterocycles. The Morgan fingerprint density at radius 3 is 2.76 bits per heavy atom. The highest BCUT2D eigenvalue weighted by molar-refractivity contribution is 7.19.